The van der Waals surface area contributed by atoms with Crippen molar-refractivity contribution in [2.45, 2.75) is 5.41 Å². The van der Waals surface area contributed by atoms with E-state index in [-0.39, 0.29) is 0 Å². The van der Waals surface area contributed by atoms with E-state index < -0.39 is 12.1 Å². The van der Waals surface area contributed by atoms with Crippen LogP contribution in [0.1, 0.15) is 10.4 Å². The summed E-state index contributed by atoms with van der Waals surface area (Å²) in [7, 11) is 0. The molecule has 0 amide bonds. The summed E-state index contributed by atoms with van der Waals surface area (Å²) in [4.78, 5) is 12.1. The smallest absolute Gasteiger partial charge is 0.138 e. The van der Waals surface area contributed by atoms with Crippen LogP contribution in [0.3, 0.4) is 0 Å². The van der Waals surface area contributed by atoms with Crippen LogP contribution in [0, 0.1) is 0 Å². The molecule has 0 aliphatic rings. The molecular weight excluding hydrogens is 223 g/mol. The highest BCUT2D eigenvalue weighted by atomic mass is 32.1. The Bertz CT molecular complexity index is 452. The molecule has 0 saturated carbocycles. The van der Waals surface area contributed by atoms with Crippen molar-refractivity contribution >= 4 is 17.6 Å². The van der Waals surface area contributed by atoms with E-state index in [9.17, 15) is 9.18 Å². The first-order chi connectivity index (χ1) is 7.83. The number of carbonyl (C=O) groups excluding carboxylic acids is 1. The number of aldehydes is 1. The van der Waals surface area contributed by atoms with E-state index in [0.29, 0.717) is 11.8 Å². The molecule has 0 saturated heterocycles. The molecule has 2 aromatic rings. The summed E-state index contributed by atoms with van der Waals surface area (Å²) in [6, 6.07) is 12.7. The zero-order valence-electron chi connectivity index (χ0n) is 8.60. The Labute approximate surface area is 97.6 Å². The van der Waals surface area contributed by atoms with Crippen molar-refractivity contribution in [3.05, 3.63) is 58.3 Å². The molecule has 1 aromatic heterocycles. The lowest BCUT2D eigenvalue weighted by Gasteiger charge is -2.23. The zero-order valence-corrected chi connectivity index (χ0v) is 9.41. The van der Waals surface area contributed by atoms with Crippen molar-refractivity contribution in [3.63, 3.8) is 0 Å². The molecule has 82 valence electrons. The molecule has 16 heavy (non-hydrogen) atoms. The summed E-state index contributed by atoms with van der Waals surface area (Å²) in [5.74, 6) is 0. The highest BCUT2D eigenvalue weighted by Gasteiger charge is 2.35. The van der Waals surface area contributed by atoms with Gasteiger partial charge in [0.05, 0.1) is 0 Å². The number of thiophene rings is 1. The maximum atomic E-state index is 13.3. The van der Waals surface area contributed by atoms with Gasteiger partial charge in [0.2, 0.25) is 0 Å². The molecule has 1 unspecified atom stereocenters. The molecular formula is C13H11FOS. The van der Waals surface area contributed by atoms with Crippen LogP contribution in [-0.2, 0) is 10.2 Å². The number of hydrogen-bond acceptors (Lipinski definition) is 2. The number of rotatable bonds is 4. The van der Waals surface area contributed by atoms with Gasteiger partial charge in [-0.2, -0.15) is 0 Å². The van der Waals surface area contributed by atoms with Gasteiger partial charge in [0, 0.05) is 4.88 Å². The van der Waals surface area contributed by atoms with Crippen molar-refractivity contribution in [1.82, 2.24) is 0 Å². The highest BCUT2D eigenvalue weighted by Crippen LogP contribution is 2.33. The van der Waals surface area contributed by atoms with Gasteiger partial charge < -0.3 is 4.79 Å². The van der Waals surface area contributed by atoms with Gasteiger partial charge in [-0.05, 0) is 17.0 Å². The molecule has 1 aromatic carbocycles. The molecule has 2 rings (SSSR count). The van der Waals surface area contributed by atoms with Crippen molar-refractivity contribution in [1.29, 1.82) is 0 Å². The summed E-state index contributed by atoms with van der Waals surface area (Å²) in [5, 5.41) is 1.85. The zero-order chi connectivity index (χ0) is 11.4. The molecule has 1 nitrogen and oxygen atoms in total. The largest absolute Gasteiger partial charge is 0.302 e. The average molecular weight is 234 g/mol. The average Bonchev–Trinajstić information content (AvgIpc) is 2.87. The lowest BCUT2D eigenvalue weighted by Crippen LogP contribution is -2.31. The summed E-state index contributed by atoms with van der Waals surface area (Å²) in [6.45, 7) is -0.707. The van der Waals surface area contributed by atoms with Crippen LogP contribution in [0.5, 0.6) is 0 Å². The van der Waals surface area contributed by atoms with Crippen LogP contribution in [0.15, 0.2) is 47.8 Å². The fourth-order valence-electron chi connectivity index (χ4n) is 1.71. The lowest BCUT2D eigenvalue weighted by molar-refractivity contribution is -0.111. The van der Waals surface area contributed by atoms with Gasteiger partial charge in [0.15, 0.2) is 0 Å². The van der Waals surface area contributed by atoms with E-state index in [1.54, 1.807) is 18.2 Å². The standard InChI is InChI=1S/C13H11FOS/c14-9-13(10-15,12-7-4-8-16-12)11-5-2-1-3-6-11/h1-8,10H,9H2. The summed E-state index contributed by atoms with van der Waals surface area (Å²) in [6.07, 6.45) is 0.703. The molecule has 1 atom stereocenters. The van der Waals surface area contributed by atoms with Crippen molar-refractivity contribution in [2.24, 2.45) is 0 Å². The second-order valence-corrected chi connectivity index (χ2v) is 4.51. The Morgan fingerprint density at radius 3 is 2.44 bits per heavy atom. The van der Waals surface area contributed by atoms with Crippen LogP contribution < -0.4 is 0 Å². The molecule has 3 heteroatoms. The maximum Gasteiger partial charge on any atom is 0.138 e. The minimum absolute atomic E-state index is 0.703. The number of benzene rings is 1. The summed E-state index contributed by atoms with van der Waals surface area (Å²) < 4.78 is 13.3. The monoisotopic (exact) mass is 234 g/mol. The molecule has 0 radical (unpaired) electrons. The van der Waals surface area contributed by atoms with Crippen LogP contribution in [0.4, 0.5) is 4.39 Å². The SMILES string of the molecule is O=CC(CF)(c1ccccc1)c1cccs1. The predicted molar refractivity (Wildman–Crippen MR) is 63.6 cm³/mol. The minimum Gasteiger partial charge on any atom is -0.302 e. The second kappa shape index (κ2) is 4.58. The van der Waals surface area contributed by atoms with Crippen LogP contribution in [-0.4, -0.2) is 13.0 Å². The van der Waals surface area contributed by atoms with E-state index in [4.69, 9.17) is 0 Å². The van der Waals surface area contributed by atoms with Crippen molar-refractivity contribution in [2.75, 3.05) is 6.67 Å². The van der Waals surface area contributed by atoms with Crippen LogP contribution >= 0.6 is 11.3 Å². The Kier molecular flexibility index (Phi) is 3.15. The number of alkyl halides is 1. The Hall–Kier alpha value is -1.48. The molecule has 1 heterocycles. The topological polar surface area (TPSA) is 17.1 Å². The van der Waals surface area contributed by atoms with E-state index in [1.165, 1.54) is 11.3 Å². The third-order valence-corrected chi connectivity index (χ3v) is 3.71. The molecule has 0 bridgehead atoms. The summed E-state index contributed by atoms with van der Waals surface area (Å²) in [5.41, 5.74) is -0.426. The van der Waals surface area contributed by atoms with Gasteiger partial charge >= 0.3 is 0 Å². The molecule has 0 fully saturated rings. The van der Waals surface area contributed by atoms with Gasteiger partial charge in [0.1, 0.15) is 18.4 Å². The van der Waals surface area contributed by atoms with Crippen LogP contribution in [0.25, 0.3) is 0 Å². The lowest BCUT2D eigenvalue weighted by atomic mass is 9.82. The molecule has 0 N–H and O–H groups in total. The van der Waals surface area contributed by atoms with Crippen molar-refractivity contribution < 1.29 is 9.18 Å². The second-order valence-electron chi connectivity index (χ2n) is 3.57. The first-order valence-electron chi connectivity index (χ1n) is 4.95. The Morgan fingerprint density at radius 1 is 1.19 bits per heavy atom. The van der Waals surface area contributed by atoms with Gasteiger partial charge in [-0.15, -0.1) is 11.3 Å². The molecule has 0 aliphatic carbocycles. The first-order valence-corrected chi connectivity index (χ1v) is 5.83. The van der Waals surface area contributed by atoms with E-state index >= 15 is 0 Å². The van der Waals surface area contributed by atoms with E-state index in [1.807, 2.05) is 29.6 Å². The maximum absolute atomic E-state index is 13.3. The molecule has 0 aliphatic heterocycles. The third-order valence-electron chi connectivity index (χ3n) is 2.66. The quantitative estimate of drug-likeness (QED) is 0.742. The van der Waals surface area contributed by atoms with Gasteiger partial charge in [-0.25, -0.2) is 4.39 Å². The van der Waals surface area contributed by atoms with Gasteiger partial charge in [-0.1, -0.05) is 36.4 Å². The normalized spacial score (nSPS) is 14.3. The van der Waals surface area contributed by atoms with Crippen molar-refractivity contribution in [3.8, 4) is 0 Å². The molecule has 0 spiro atoms. The van der Waals surface area contributed by atoms with E-state index in [2.05, 4.69) is 0 Å². The minimum atomic E-state index is -1.13. The number of hydrogen-bond donors (Lipinski definition) is 0. The van der Waals surface area contributed by atoms with Crippen LogP contribution in [0.2, 0.25) is 0 Å². The third kappa shape index (κ3) is 1.67. The number of halogens is 1. The number of carbonyl (C=O) groups is 1. The van der Waals surface area contributed by atoms with Gasteiger partial charge in [-0.3, -0.25) is 0 Å². The first kappa shape index (κ1) is 11.0. The Balaban J connectivity index is 2.56. The van der Waals surface area contributed by atoms with Gasteiger partial charge in [0.25, 0.3) is 0 Å². The van der Waals surface area contributed by atoms with E-state index in [0.717, 1.165) is 4.88 Å². The highest BCUT2D eigenvalue weighted by molar-refractivity contribution is 7.10. The predicted octanol–water partition coefficient (Wildman–Crippen LogP) is 3.20. The summed E-state index contributed by atoms with van der Waals surface area (Å²) >= 11 is 1.40. The fourth-order valence-corrected chi connectivity index (χ4v) is 2.60. The Morgan fingerprint density at radius 2 is 1.94 bits per heavy atom. The fraction of sp³-hybridized carbons (Fsp3) is 0.154.